The first kappa shape index (κ1) is 93.1. The van der Waals surface area contributed by atoms with E-state index in [9.17, 15) is 43.2 Å². The molecule has 95 heavy (non-hydrogen) atoms. The van der Waals surface area contributed by atoms with E-state index in [1.165, 1.54) is 173 Å². The van der Waals surface area contributed by atoms with Crippen LogP contribution in [-0.4, -0.2) is 96.7 Å². The standard InChI is InChI=1S/C76H148O17P2/c1-9-68(7)54-46-38-32-34-40-48-56-73(78)86-62-71(92-75(80)58-50-42-30-26-22-18-16-14-12-11-13-15-17-20-24-28-36-44-52-66(3)4)64-90-94(82,83)88-60-70(77)61-89-95(84,85)91-65-72(63-87-74(79)57-49-41-35-33-39-47-55-69(8)10-2)93-76(81)59-51-43-31-27-23-19-21-25-29-37-45-53-67(5)6/h66-72,77H,9-65H2,1-8H3,(H,82,83)(H,84,85)/t68?,69?,70-,71+,72+/m0/s1. The van der Waals surface area contributed by atoms with Crippen molar-refractivity contribution in [3.8, 4) is 0 Å². The molecule has 0 saturated carbocycles. The second kappa shape index (κ2) is 65.4. The maximum atomic E-state index is 13.1. The number of esters is 4. The van der Waals surface area contributed by atoms with Gasteiger partial charge in [0, 0.05) is 25.7 Å². The van der Waals surface area contributed by atoms with Crippen LogP contribution in [0.15, 0.2) is 0 Å². The van der Waals surface area contributed by atoms with Crippen LogP contribution in [0.4, 0.5) is 0 Å². The summed E-state index contributed by atoms with van der Waals surface area (Å²) in [5.74, 6) is 0.923. The van der Waals surface area contributed by atoms with Gasteiger partial charge in [0.05, 0.1) is 26.4 Å². The maximum Gasteiger partial charge on any atom is 0.472 e. The molecule has 7 atom stereocenters. The maximum absolute atomic E-state index is 13.1. The summed E-state index contributed by atoms with van der Waals surface area (Å²) in [6.45, 7) is 14.2. The molecule has 0 heterocycles. The van der Waals surface area contributed by atoms with Crippen molar-refractivity contribution in [3.63, 3.8) is 0 Å². The molecule has 0 fully saturated rings. The molecule has 0 aliphatic rings. The Morgan fingerprint density at radius 2 is 0.505 bits per heavy atom. The van der Waals surface area contributed by atoms with Crippen LogP contribution in [-0.2, 0) is 65.4 Å². The summed E-state index contributed by atoms with van der Waals surface area (Å²) in [5, 5.41) is 10.6. The number of aliphatic hydroxyl groups excluding tert-OH is 1. The fraction of sp³-hybridized carbons (Fsp3) is 0.947. The Kier molecular flexibility index (Phi) is 64.0. The molecule has 0 spiro atoms. The zero-order chi connectivity index (χ0) is 70.3. The lowest BCUT2D eigenvalue weighted by Gasteiger charge is -2.21. The van der Waals surface area contributed by atoms with Crippen molar-refractivity contribution in [1.82, 2.24) is 0 Å². The summed E-state index contributed by atoms with van der Waals surface area (Å²) in [5.41, 5.74) is 0. The zero-order valence-electron chi connectivity index (χ0n) is 62.3. The highest BCUT2D eigenvalue weighted by Crippen LogP contribution is 2.45. The highest BCUT2D eigenvalue weighted by Gasteiger charge is 2.30. The highest BCUT2D eigenvalue weighted by molar-refractivity contribution is 7.47. The number of hydrogen-bond acceptors (Lipinski definition) is 15. The third kappa shape index (κ3) is 67.6. The number of aliphatic hydroxyl groups is 1. The number of unbranched alkanes of at least 4 members (excludes halogenated alkanes) is 37. The van der Waals surface area contributed by atoms with E-state index in [1.54, 1.807) is 0 Å². The molecule has 0 aromatic rings. The average Bonchev–Trinajstić information content (AvgIpc) is 3.63. The van der Waals surface area contributed by atoms with Crippen LogP contribution < -0.4 is 0 Å². The third-order valence-corrected chi connectivity index (χ3v) is 20.2. The molecule has 3 N–H and O–H groups in total. The van der Waals surface area contributed by atoms with Crippen molar-refractivity contribution < 1.29 is 80.2 Å². The number of carbonyl (C=O) groups excluding carboxylic acids is 4. The average molecular weight is 1400 g/mol. The lowest BCUT2D eigenvalue weighted by atomic mass is 10.00. The smallest absolute Gasteiger partial charge is 0.462 e. The summed E-state index contributed by atoms with van der Waals surface area (Å²) < 4.78 is 68.5. The summed E-state index contributed by atoms with van der Waals surface area (Å²) >= 11 is 0. The Balaban J connectivity index is 5.19. The molecule has 4 unspecified atom stereocenters. The van der Waals surface area contributed by atoms with Gasteiger partial charge in [0.2, 0.25) is 0 Å². The van der Waals surface area contributed by atoms with Gasteiger partial charge in [-0.05, 0) is 49.4 Å². The van der Waals surface area contributed by atoms with Crippen LogP contribution in [0, 0.1) is 23.7 Å². The second-order valence-electron chi connectivity index (χ2n) is 28.8. The summed E-state index contributed by atoms with van der Waals surface area (Å²) in [6, 6.07) is 0. The molecule has 0 rings (SSSR count). The summed E-state index contributed by atoms with van der Waals surface area (Å²) in [6.07, 6.45) is 50.1. The Labute approximate surface area is 581 Å². The predicted octanol–water partition coefficient (Wildman–Crippen LogP) is 22.0. The molecule has 0 aliphatic heterocycles. The van der Waals surface area contributed by atoms with E-state index < -0.39 is 97.5 Å². The number of ether oxygens (including phenoxy) is 4. The van der Waals surface area contributed by atoms with E-state index in [-0.39, 0.29) is 25.7 Å². The van der Waals surface area contributed by atoms with E-state index in [2.05, 4.69) is 55.4 Å². The first-order valence-corrected chi connectivity index (χ1v) is 42.3. The number of rotatable bonds is 73. The number of phosphoric ester groups is 2. The molecular formula is C76H148O17P2. The van der Waals surface area contributed by atoms with Crippen LogP contribution in [0.3, 0.4) is 0 Å². The summed E-state index contributed by atoms with van der Waals surface area (Å²) in [4.78, 5) is 72.7. The van der Waals surface area contributed by atoms with Crippen molar-refractivity contribution in [1.29, 1.82) is 0 Å². The molecule has 0 aliphatic carbocycles. The van der Waals surface area contributed by atoms with Gasteiger partial charge in [-0.3, -0.25) is 37.3 Å². The van der Waals surface area contributed by atoms with Gasteiger partial charge in [0.15, 0.2) is 12.2 Å². The number of carbonyl (C=O) groups is 4. The second-order valence-corrected chi connectivity index (χ2v) is 31.7. The normalized spacial score (nSPS) is 14.7. The van der Waals surface area contributed by atoms with Gasteiger partial charge in [-0.25, -0.2) is 9.13 Å². The minimum absolute atomic E-state index is 0.105. The fourth-order valence-electron chi connectivity index (χ4n) is 11.5. The highest BCUT2D eigenvalue weighted by atomic mass is 31.2. The Bertz CT molecular complexity index is 1870. The van der Waals surface area contributed by atoms with Crippen molar-refractivity contribution >= 4 is 39.5 Å². The Hall–Kier alpha value is -1.94. The topological polar surface area (TPSA) is 237 Å². The molecule has 0 aromatic heterocycles. The Morgan fingerprint density at radius 3 is 0.747 bits per heavy atom. The molecule has 564 valence electrons. The van der Waals surface area contributed by atoms with Gasteiger partial charge in [-0.2, -0.15) is 0 Å². The zero-order valence-corrected chi connectivity index (χ0v) is 64.1. The van der Waals surface area contributed by atoms with Crippen molar-refractivity contribution in [2.24, 2.45) is 23.7 Å². The molecule has 0 saturated heterocycles. The minimum Gasteiger partial charge on any atom is -0.462 e. The van der Waals surface area contributed by atoms with Gasteiger partial charge in [0.1, 0.15) is 19.3 Å². The largest absolute Gasteiger partial charge is 0.472 e. The van der Waals surface area contributed by atoms with Gasteiger partial charge in [-0.1, -0.05) is 331 Å². The van der Waals surface area contributed by atoms with Crippen molar-refractivity contribution in [3.05, 3.63) is 0 Å². The van der Waals surface area contributed by atoms with E-state index in [0.29, 0.717) is 25.7 Å². The van der Waals surface area contributed by atoms with E-state index in [4.69, 9.17) is 37.0 Å². The molecule has 17 nitrogen and oxygen atoms in total. The van der Waals surface area contributed by atoms with Gasteiger partial charge in [-0.15, -0.1) is 0 Å². The van der Waals surface area contributed by atoms with Gasteiger partial charge >= 0.3 is 39.5 Å². The first-order valence-electron chi connectivity index (χ1n) is 39.3. The lowest BCUT2D eigenvalue weighted by Crippen LogP contribution is -2.30. The number of phosphoric acid groups is 2. The molecule has 0 radical (unpaired) electrons. The SMILES string of the molecule is CCC(C)CCCCCCCCC(=O)OC[C@H](COP(=O)(O)OC[C@H](O)COP(=O)(O)OC[C@@H](COC(=O)CCCCCCCCC(C)CC)OC(=O)CCCCCCCCCCCCCC(C)C)OC(=O)CCCCCCCCCCCCCCCCCCCCC(C)C. The van der Waals surface area contributed by atoms with Crippen molar-refractivity contribution in [2.75, 3.05) is 39.6 Å². The van der Waals surface area contributed by atoms with Gasteiger partial charge in [0.25, 0.3) is 0 Å². The molecule has 0 bridgehead atoms. The lowest BCUT2D eigenvalue weighted by molar-refractivity contribution is -0.161. The fourth-order valence-corrected chi connectivity index (χ4v) is 13.1. The molecule has 0 amide bonds. The van der Waals surface area contributed by atoms with E-state index in [0.717, 1.165) is 126 Å². The van der Waals surface area contributed by atoms with Crippen LogP contribution >= 0.6 is 15.6 Å². The first-order chi connectivity index (χ1) is 45.7. The third-order valence-electron chi connectivity index (χ3n) is 18.3. The Morgan fingerprint density at radius 1 is 0.295 bits per heavy atom. The minimum atomic E-state index is -4.96. The monoisotopic (exact) mass is 1400 g/mol. The van der Waals surface area contributed by atoms with Crippen molar-refractivity contribution in [2.45, 2.75) is 401 Å². The van der Waals surface area contributed by atoms with Crippen LogP contribution in [0.2, 0.25) is 0 Å². The van der Waals surface area contributed by atoms with Gasteiger partial charge < -0.3 is 33.8 Å². The van der Waals surface area contributed by atoms with E-state index >= 15 is 0 Å². The quantitative estimate of drug-likeness (QED) is 0.0222. The van der Waals surface area contributed by atoms with Crippen LogP contribution in [0.1, 0.15) is 383 Å². The summed E-state index contributed by atoms with van der Waals surface area (Å²) in [7, 11) is -9.91. The molecule has 19 heteroatoms. The molecule has 0 aromatic carbocycles. The number of hydrogen-bond donors (Lipinski definition) is 3. The predicted molar refractivity (Wildman–Crippen MR) is 386 cm³/mol. The van der Waals surface area contributed by atoms with Crippen LogP contribution in [0.25, 0.3) is 0 Å². The molecular weight excluding hydrogens is 1250 g/mol. The van der Waals surface area contributed by atoms with Crippen LogP contribution in [0.5, 0.6) is 0 Å². The van der Waals surface area contributed by atoms with E-state index in [1.807, 2.05) is 0 Å².